The number of hydrogen-bond acceptors (Lipinski definition) is 6. The van der Waals surface area contributed by atoms with Crippen molar-refractivity contribution in [2.24, 2.45) is 11.8 Å². The lowest BCUT2D eigenvalue weighted by atomic mass is 9.73. The van der Waals surface area contributed by atoms with Gasteiger partial charge in [0.2, 0.25) is 11.8 Å². The summed E-state index contributed by atoms with van der Waals surface area (Å²) in [6.07, 6.45) is 8.40. The molecule has 7 rings (SSSR count). The molecule has 6 atom stereocenters. The Morgan fingerprint density at radius 2 is 1.50 bits per heavy atom. The lowest BCUT2D eigenvalue weighted by molar-refractivity contribution is -0.152. The van der Waals surface area contributed by atoms with Gasteiger partial charge in [-0.1, -0.05) is 91.9 Å². The number of benzene rings is 3. The molecule has 48 heavy (non-hydrogen) atoms. The van der Waals surface area contributed by atoms with Crippen molar-refractivity contribution in [3.8, 4) is 5.75 Å². The van der Waals surface area contributed by atoms with Crippen LogP contribution in [0, 0.1) is 11.8 Å². The molecular formula is C39H41N3O6. The van der Waals surface area contributed by atoms with Gasteiger partial charge in [0.05, 0.1) is 37.2 Å². The molecule has 1 unspecified atom stereocenters. The molecule has 1 spiro atoms. The molecule has 1 N–H and O–H groups in total. The third-order valence-corrected chi connectivity index (χ3v) is 10.5. The highest BCUT2D eigenvalue weighted by Crippen LogP contribution is 2.59. The summed E-state index contributed by atoms with van der Waals surface area (Å²) in [5.41, 5.74) is 0.0174. The summed E-state index contributed by atoms with van der Waals surface area (Å²) in [6, 6.07) is 24.8. The number of carbonyl (C=O) groups is 3. The van der Waals surface area contributed by atoms with Gasteiger partial charge >= 0.3 is 0 Å². The van der Waals surface area contributed by atoms with E-state index >= 15 is 4.79 Å². The Morgan fingerprint density at radius 1 is 0.833 bits per heavy atom. The predicted octanol–water partition coefficient (Wildman–Crippen LogP) is 4.16. The van der Waals surface area contributed by atoms with Gasteiger partial charge in [-0.05, 0) is 48.2 Å². The maximum absolute atomic E-state index is 15.1. The van der Waals surface area contributed by atoms with Crippen molar-refractivity contribution in [2.45, 2.75) is 49.6 Å². The Bertz CT molecular complexity index is 1730. The number of carbonyl (C=O) groups excluding carboxylic acids is 3. The lowest BCUT2D eigenvalue weighted by Crippen LogP contribution is -2.59. The Hall–Kier alpha value is -4.73. The van der Waals surface area contributed by atoms with Gasteiger partial charge < -0.3 is 29.3 Å². The second kappa shape index (κ2) is 12.7. The first-order valence-corrected chi connectivity index (χ1v) is 16.7. The summed E-state index contributed by atoms with van der Waals surface area (Å²) in [7, 11) is 1.59. The van der Waals surface area contributed by atoms with E-state index in [2.05, 4.69) is 0 Å². The molecule has 9 nitrogen and oxygen atoms in total. The number of amides is 3. The van der Waals surface area contributed by atoms with E-state index in [1.807, 2.05) is 104 Å². The molecule has 4 aliphatic heterocycles. The van der Waals surface area contributed by atoms with Gasteiger partial charge in [0.1, 0.15) is 17.4 Å². The number of aliphatic hydroxyl groups excluding tert-OH is 1. The Labute approximate surface area is 281 Å². The number of fused-ring (bicyclic) bond motifs is 2. The van der Waals surface area contributed by atoms with Gasteiger partial charge in [-0.15, -0.1) is 0 Å². The molecule has 3 amide bonds. The van der Waals surface area contributed by atoms with Crippen LogP contribution >= 0.6 is 0 Å². The van der Waals surface area contributed by atoms with Crippen molar-refractivity contribution in [3.05, 3.63) is 120 Å². The summed E-state index contributed by atoms with van der Waals surface area (Å²) < 4.78 is 12.5. The summed E-state index contributed by atoms with van der Waals surface area (Å²) in [4.78, 5) is 49.8. The molecule has 0 aliphatic carbocycles. The summed E-state index contributed by atoms with van der Waals surface area (Å²) in [6.45, 7) is 2.61. The third-order valence-electron chi connectivity index (χ3n) is 10.5. The van der Waals surface area contributed by atoms with Crippen molar-refractivity contribution in [1.82, 2.24) is 9.80 Å². The first-order valence-electron chi connectivity index (χ1n) is 16.7. The molecule has 3 aromatic carbocycles. The number of rotatable bonds is 9. The Morgan fingerprint density at radius 3 is 2.15 bits per heavy atom. The van der Waals surface area contributed by atoms with Crippen LogP contribution in [0.1, 0.15) is 24.5 Å². The molecule has 0 radical (unpaired) electrons. The SMILES string of the molecule is CC[C@]12C=CCN(Cc3ccccc3)C(=O)[C@H]1[C@H]1C(=O)N([C@@H](CO)Cc3ccccc3)C3C(=O)N(c4ccc(OC)cc4)CC=C[C@@]31O2. The van der Waals surface area contributed by atoms with Gasteiger partial charge in [0.25, 0.3) is 5.91 Å². The van der Waals surface area contributed by atoms with E-state index in [1.165, 1.54) is 4.90 Å². The smallest absolute Gasteiger partial charge is 0.253 e. The molecule has 4 heterocycles. The average Bonchev–Trinajstić information content (AvgIpc) is 3.42. The van der Waals surface area contributed by atoms with Crippen LogP contribution in [0.4, 0.5) is 5.69 Å². The molecule has 4 aliphatic rings. The topological polar surface area (TPSA) is 99.6 Å². The first kappa shape index (κ1) is 31.8. The lowest BCUT2D eigenvalue weighted by Gasteiger charge is -2.41. The molecule has 248 valence electrons. The third kappa shape index (κ3) is 5.13. The van der Waals surface area contributed by atoms with Crippen LogP contribution in [0.5, 0.6) is 5.75 Å². The minimum atomic E-state index is -1.43. The van der Waals surface area contributed by atoms with Gasteiger partial charge in [-0.2, -0.15) is 0 Å². The molecule has 0 bridgehead atoms. The average molecular weight is 648 g/mol. The summed E-state index contributed by atoms with van der Waals surface area (Å²) >= 11 is 0. The van der Waals surface area contributed by atoms with E-state index in [-0.39, 0.29) is 30.9 Å². The highest BCUT2D eigenvalue weighted by Gasteiger charge is 2.76. The van der Waals surface area contributed by atoms with Crippen LogP contribution < -0.4 is 9.64 Å². The van der Waals surface area contributed by atoms with E-state index in [1.54, 1.807) is 29.0 Å². The zero-order valence-corrected chi connectivity index (χ0v) is 27.3. The van der Waals surface area contributed by atoms with Crippen molar-refractivity contribution >= 4 is 23.4 Å². The van der Waals surface area contributed by atoms with Crippen molar-refractivity contribution in [1.29, 1.82) is 0 Å². The number of ether oxygens (including phenoxy) is 2. The zero-order chi connectivity index (χ0) is 33.5. The largest absolute Gasteiger partial charge is 0.497 e. The second-order valence-electron chi connectivity index (χ2n) is 13.0. The summed E-state index contributed by atoms with van der Waals surface area (Å²) in [5.74, 6) is -2.05. The number of nitrogens with zero attached hydrogens (tertiary/aromatic N) is 3. The number of hydrogen-bond donors (Lipinski definition) is 1. The van der Waals surface area contributed by atoms with Crippen LogP contribution in [0.15, 0.2) is 109 Å². The fraction of sp³-hybridized carbons (Fsp3) is 0.359. The van der Waals surface area contributed by atoms with Crippen molar-refractivity contribution in [2.75, 3.05) is 31.7 Å². The van der Waals surface area contributed by atoms with E-state index < -0.39 is 35.1 Å². The zero-order valence-electron chi connectivity index (χ0n) is 27.3. The first-order chi connectivity index (χ1) is 23.4. The number of likely N-dealkylation sites (tertiary alicyclic amines) is 1. The molecule has 2 saturated heterocycles. The number of anilines is 1. The highest BCUT2D eigenvalue weighted by atomic mass is 16.5. The van der Waals surface area contributed by atoms with Crippen molar-refractivity contribution in [3.63, 3.8) is 0 Å². The number of aliphatic hydroxyl groups is 1. The Kier molecular flexibility index (Phi) is 8.43. The van der Waals surface area contributed by atoms with Gasteiger partial charge in [0, 0.05) is 25.3 Å². The van der Waals surface area contributed by atoms with E-state index in [0.717, 1.165) is 11.1 Å². The fourth-order valence-corrected chi connectivity index (χ4v) is 8.22. The van der Waals surface area contributed by atoms with E-state index in [0.29, 0.717) is 37.4 Å². The van der Waals surface area contributed by atoms with Crippen molar-refractivity contribution < 1.29 is 29.0 Å². The van der Waals surface area contributed by atoms with Gasteiger partial charge in [-0.25, -0.2) is 0 Å². The fourth-order valence-electron chi connectivity index (χ4n) is 8.22. The minimum Gasteiger partial charge on any atom is -0.497 e. The van der Waals surface area contributed by atoms with Crippen LogP contribution in [0.2, 0.25) is 0 Å². The van der Waals surface area contributed by atoms with E-state index in [9.17, 15) is 14.7 Å². The maximum atomic E-state index is 15.1. The van der Waals surface area contributed by atoms with E-state index in [4.69, 9.17) is 9.47 Å². The molecular weight excluding hydrogens is 606 g/mol. The highest BCUT2D eigenvalue weighted by molar-refractivity contribution is 6.06. The molecule has 0 saturated carbocycles. The normalized spacial score (nSPS) is 28.5. The van der Waals surface area contributed by atoms with Crippen LogP contribution in [0.3, 0.4) is 0 Å². The van der Waals surface area contributed by atoms with Crippen LogP contribution in [-0.4, -0.2) is 82.7 Å². The quantitative estimate of drug-likeness (QED) is 0.351. The van der Waals surface area contributed by atoms with Crippen LogP contribution in [0.25, 0.3) is 0 Å². The number of methoxy groups -OCH3 is 1. The maximum Gasteiger partial charge on any atom is 0.253 e. The monoisotopic (exact) mass is 647 g/mol. The Balaban J connectivity index is 1.35. The summed E-state index contributed by atoms with van der Waals surface area (Å²) in [5, 5.41) is 10.9. The standard InChI is InChI=1S/C39H41N3O6/c1-3-38-20-10-22-40(25-28-14-8-5-9-15-28)35(44)32(38)33-36(45)42(30(26-43)24-27-12-6-4-7-13-27)34-37(46)41(23-11-21-39(33,34)48-38)29-16-18-31(47-2)19-17-29/h4-21,30,32-34,43H,3,22-26H2,1-2H3/t30-,32-,33+,34?,38+,39+/m1/s1. The predicted molar refractivity (Wildman–Crippen MR) is 181 cm³/mol. The molecule has 3 aromatic rings. The molecule has 2 fully saturated rings. The molecule has 9 heteroatoms. The minimum absolute atomic E-state index is 0.178. The second-order valence-corrected chi connectivity index (χ2v) is 13.0. The van der Waals surface area contributed by atoms with Crippen LogP contribution in [-0.2, 0) is 32.1 Å². The van der Waals surface area contributed by atoms with Gasteiger partial charge in [-0.3, -0.25) is 14.4 Å². The molecule has 0 aromatic heterocycles. The van der Waals surface area contributed by atoms with Gasteiger partial charge in [0.15, 0.2) is 0 Å².